The van der Waals surface area contributed by atoms with E-state index in [1.165, 1.54) is 57.8 Å². The molecule has 1 saturated heterocycles. The highest BCUT2D eigenvalue weighted by molar-refractivity contribution is 5.74. The number of rotatable bonds is 51. The van der Waals surface area contributed by atoms with Crippen LogP contribution < -0.4 is 0 Å². The van der Waals surface area contributed by atoms with Gasteiger partial charge in [-0.3, -0.25) is 14.4 Å². The van der Waals surface area contributed by atoms with Gasteiger partial charge in [-0.1, -0.05) is 214 Å². The first kappa shape index (κ1) is 72.4. The summed E-state index contributed by atoms with van der Waals surface area (Å²) in [6.45, 7) is 5.77. The quantitative estimate of drug-likeness (QED) is 0.0228. The summed E-state index contributed by atoms with van der Waals surface area (Å²) in [7, 11) is 0. The number of carbonyl (C=O) groups is 4. The maximum Gasteiger partial charge on any atom is 0.335 e. The van der Waals surface area contributed by atoms with Crippen molar-refractivity contribution in [1.29, 1.82) is 0 Å². The van der Waals surface area contributed by atoms with E-state index < -0.39 is 67.3 Å². The number of unbranched alkanes of at least 4 members (excludes halogenated alkanes) is 19. The van der Waals surface area contributed by atoms with Gasteiger partial charge >= 0.3 is 23.9 Å². The zero-order valence-electron chi connectivity index (χ0n) is 49.3. The number of carboxylic acid groups (broad SMARTS) is 1. The van der Waals surface area contributed by atoms with Crippen LogP contribution in [0.3, 0.4) is 0 Å². The highest BCUT2D eigenvalue weighted by Gasteiger charge is 2.50. The molecule has 12 heteroatoms. The number of carboxylic acids is 1. The molecule has 0 bridgehead atoms. The molecule has 0 aromatic rings. The fourth-order valence-corrected chi connectivity index (χ4v) is 8.59. The molecule has 1 heterocycles. The Morgan fingerprint density at radius 1 is 0.430 bits per heavy atom. The molecule has 448 valence electrons. The zero-order chi connectivity index (χ0) is 57.5. The van der Waals surface area contributed by atoms with Crippen molar-refractivity contribution in [2.24, 2.45) is 0 Å². The molecule has 0 radical (unpaired) electrons. The monoisotopic (exact) mass is 1100 g/mol. The number of ether oxygens (including phenoxy) is 5. The van der Waals surface area contributed by atoms with E-state index in [4.69, 9.17) is 23.7 Å². The molecular formula is C67H108O12. The lowest BCUT2D eigenvalue weighted by atomic mass is 9.98. The second-order valence-electron chi connectivity index (χ2n) is 20.6. The average Bonchev–Trinajstić information content (AvgIpc) is 3.46. The first-order valence-electron chi connectivity index (χ1n) is 30.9. The molecule has 1 aliphatic rings. The Morgan fingerprint density at radius 2 is 0.823 bits per heavy atom. The summed E-state index contributed by atoms with van der Waals surface area (Å²) in [4.78, 5) is 51.2. The van der Waals surface area contributed by atoms with Crippen molar-refractivity contribution >= 4 is 23.9 Å². The third kappa shape index (κ3) is 43.8. The van der Waals surface area contributed by atoms with Gasteiger partial charge in [-0.25, -0.2) is 4.79 Å². The van der Waals surface area contributed by atoms with Gasteiger partial charge in [0.1, 0.15) is 18.8 Å². The first-order chi connectivity index (χ1) is 38.6. The molecule has 0 saturated carbocycles. The van der Waals surface area contributed by atoms with Crippen LogP contribution in [-0.2, 0) is 42.9 Å². The van der Waals surface area contributed by atoms with Crippen LogP contribution in [0.5, 0.6) is 0 Å². The third-order valence-corrected chi connectivity index (χ3v) is 13.3. The minimum absolute atomic E-state index is 0.0372. The molecular weight excluding hydrogens is 997 g/mol. The molecule has 0 spiro atoms. The van der Waals surface area contributed by atoms with Crippen LogP contribution in [0.4, 0.5) is 0 Å². The van der Waals surface area contributed by atoms with E-state index in [9.17, 15) is 34.5 Å². The largest absolute Gasteiger partial charge is 0.479 e. The average molecular weight is 1110 g/mol. The Balaban J connectivity index is 2.75. The lowest BCUT2D eigenvalue weighted by Crippen LogP contribution is -2.61. The minimum atomic E-state index is -1.92. The lowest BCUT2D eigenvalue weighted by Gasteiger charge is -2.40. The molecule has 0 amide bonds. The van der Waals surface area contributed by atoms with Crippen molar-refractivity contribution in [3.63, 3.8) is 0 Å². The Kier molecular flexibility index (Phi) is 49.5. The van der Waals surface area contributed by atoms with Crippen LogP contribution >= 0.6 is 0 Å². The van der Waals surface area contributed by atoms with Crippen LogP contribution in [0.15, 0.2) is 109 Å². The van der Waals surface area contributed by atoms with Crippen LogP contribution in [-0.4, -0.2) is 89.2 Å². The second-order valence-corrected chi connectivity index (χ2v) is 20.6. The van der Waals surface area contributed by atoms with E-state index in [1.54, 1.807) is 0 Å². The minimum Gasteiger partial charge on any atom is -0.479 e. The fourth-order valence-electron chi connectivity index (χ4n) is 8.59. The Morgan fingerprint density at radius 3 is 1.30 bits per heavy atom. The van der Waals surface area contributed by atoms with Crippen LogP contribution in [0, 0.1) is 0 Å². The van der Waals surface area contributed by atoms with Gasteiger partial charge in [0.15, 0.2) is 24.6 Å². The standard InChI is InChI=1S/C67H108O12/c1-4-7-10-13-16-19-22-25-28-29-30-31-34-35-38-41-44-47-50-53-59(68)75-56-58(77-60(69)54-51-48-45-42-39-36-32-26-23-20-17-14-11-8-5-2)57-76-67-65(63(72)62(71)64(79-67)66(73)74)78-61(70)55-52-49-46-43-40-37-33-27-24-21-18-15-12-9-6-3/h7,10,16-17,19-20,25-28,30-33,35,38,44,47,58,62-65,67,71-72H,4-6,8-9,11-15,18,21-24,29,34,36-37,39-43,45-46,48-57H2,1-3H3,(H,73,74)/b10-7-,19-16-,20-17-,28-25-,31-30-,32-26-,33-27-,38-35-,47-44-. The highest BCUT2D eigenvalue weighted by atomic mass is 16.7. The van der Waals surface area contributed by atoms with E-state index in [0.717, 1.165) is 122 Å². The van der Waals surface area contributed by atoms with Gasteiger partial charge < -0.3 is 39.0 Å². The SMILES string of the molecule is CC/C=C\C/C=C\C/C=C\C/C=C\C/C=C\C/C=C\CCC(=O)OCC(COC1OC(C(=O)O)C(O)C(O)C1OC(=O)CCCCCCC/C=C\CCCCCCCC)OC(=O)CCCCCCC/C=C\C/C=C\CCCCC. The number of hydrogen-bond acceptors (Lipinski definition) is 11. The Hall–Kier alpha value is -4.62. The van der Waals surface area contributed by atoms with Gasteiger partial charge in [0.25, 0.3) is 0 Å². The van der Waals surface area contributed by atoms with Crippen molar-refractivity contribution < 1.29 is 58.2 Å². The molecule has 79 heavy (non-hydrogen) atoms. The summed E-state index contributed by atoms with van der Waals surface area (Å²) in [5.41, 5.74) is 0. The van der Waals surface area contributed by atoms with Gasteiger partial charge in [0.05, 0.1) is 6.61 Å². The molecule has 0 aromatic carbocycles. The summed E-state index contributed by atoms with van der Waals surface area (Å²) >= 11 is 0. The number of aliphatic carboxylic acids is 1. The maximum absolute atomic E-state index is 13.2. The normalized spacial score (nSPS) is 18.6. The van der Waals surface area contributed by atoms with E-state index in [1.807, 2.05) is 12.2 Å². The lowest BCUT2D eigenvalue weighted by molar-refractivity contribution is -0.301. The maximum atomic E-state index is 13.2. The summed E-state index contributed by atoms with van der Waals surface area (Å²) < 4.78 is 28.4. The van der Waals surface area contributed by atoms with E-state index in [0.29, 0.717) is 19.3 Å². The third-order valence-electron chi connectivity index (χ3n) is 13.3. The summed E-state index contributed by atoms with van der Waals surface area (Å²) in [5.74, 6) is -3.27. The first-order valence-corrected chi connectivity index (χ1v) is 30.9. The van der Waals surface area contributed by atoms with Crippen molar-refractivity contribution in [3.8, 4) is 0 Å². The van der Waals surface area contributed by atoms with Crippen LogP contribution in [0.1, 0.15) is 239 Å². The number of hydrogen-bond donors (Lipinski definition) is 3. The second kappa shape index (κ2) is 54.0. The predicted molar refractivity (Wildman–Crippen MR) is 321 cm³/mol. The van der Waals surface area contributed by atoms with E-state index in [2.05, 4.69) is 118 Å². The smallest absolute Gasteiger partial charge is 0.335 e. The van der Waals surface area contributed by atoms with Crippen molar-refractivity contribution in [1.82, 2.24) is 0 Å². The predicted octanol–water partition coefficient (Wildman–Crippen LogP) is 16.2. The number of aliphatic hydroxyl groups excluding tert-OH is 2. The van der Waals surface area contributed by atoms with E-state index in [-0.39, 0.29) is 25.9 Å². The van der Waals surface area contributed by atoms with Crippen LogP contribution in [0.25, 0.3) is 0 Å². The molecule has 6 atom stereocenters. The summed E-state index contributed by atoms with van der Waals surface area (Å²) in [5, 5.41) is 31.5. The number of esters is 3. The molecule has 0 aliphatic carbocycles. The Bertz CT molecular complexity index is 1790. The topological polar surface area (TPSA) is 175 Å². The number of carbonyl (C=O) groups excluding carboxylic acids is 3. The fraction of sp³-hybridized carbons (Fsp3) is 0.672. The molecule has 0 aromatic heterocycles. The highest BCUT2D eigenvalue weighted by Crippen LogP contribution is 2.26. The molecule has 1 fully saturated rings. The molecule has 1 aliphatic heterocycles. The van der Waals surface area contributed by atoms with Gasteiger partial charge in [0.2, 0.25) is 0 Å². The van der Waals surface area contributed by atoms with Crippen molar-refractivity contribution in [2.45, 2.75) is 276 Å². The van der Waals surface area contributed by atoms with Crippen LogP contribution in [0.2, 0.25) is 0 Å². The van der Waals surface area contributed by atoms with Crippen molar-refractivity contribution in [3.05, 3.63) is 109 Å². The Labute approximate surface area is 478 Å². The zero-order valence-corrected chi connectivity index (χ0v) is 49.3. The number of allylic oxidation sites excluding steroid dienone is 18. The molecule has 12 nitrogen and oxygen atoms in total. The molecule has 1 rings (SSSR count). The number of aliphatic hydroxyl groups is 2. The van der Waals surface area contributed by atoms with Gasteiger partial charge in [-0.05, 0) is 116 Å². The summed E-state index contributed by atoms with van der Waals surface area (Å²) in [6, 6.07) is 0. The molecule has 6 unspecified atom stereocenters. The summed E-state index contributed by atoms with van der Waals surface area (Å²) in [6.07, 6.45) is 60.6. The van der Waals surface area contributed by atoms with Gasteiger partial charge in [-0.15, -0.1) is 0 Å². The molecule has 3 N–H and O–H groups in total. The van der Waals surface area contributed by atoms with Gasteiger partial charge in [0, 0.05) is 19.3 Å². The van der Waals surface area contributed by atoms with Crippen molar-refractivity contribution in [2.75, 3.05) is 13.2 Å². The van der Waals surface area contributed by atoms with E-state index >= 15 is 0 Å². The van der Waals surface area contributed by atoms with Gasteiger partial charge in [-0.2, -0.15) is 0 Å².